The van der Waals surface area contributed by atoms with Crippen LogP contribution >= 0.6 is 27.3 Å². The number of carbonyl (C=O) groups excluding carboxylic acids is 2. The predicted octanol–water partition coefficient (Wildman–Crippen LogP) is 4.54. The molecule has 0 aliphatic carbocycles. The minimum absolute atomic E-state index is 0.276. The smallest absolute Gasteiger partial charge is 0.264 e. The van der Waals surface area contributed by atoms with Crippen LogP contribution in [0.5, 0.6) is 11.5 Å². The van der Waals surface area contributed by atoms with E-state index in [2.05, 4.69) is 15.9 Å². The number of carbonyl (C=O) groups is 2. The van der Waals surface area contributed by atoms with E-state index in [9.17, 15) is 14.7 Å². The van der Waals surface area contributed by atoms with Gasteiger partial charge in [0, 0.05) is 21.0 Å². The van der Waals surface area contributed by atoms with Gasteiger partial charge in [-0.15, -0.1) is 11.3 Å². The van der Waals surface area contributed by atoms with E-state index in [1.54, 1.807) is 30.3 Å². The first kappa shape index (κ1) is 21.5. The normalized spacial score (nSPS) is 17.5. The van der Waals surface area contributed by atoms with Gasteiger partial charge in [-0.3, -0.25) is 9.59 Å². The minimum atomic E-state index is -1.97. The van der Waals surface area contributed by atoms with Crippen LogP contribution in [0.25, 0.3) is 0 Å². The third-order valence-corrected chi connectivity index (χ3v) is 6.67. The number of halogens is 1. The molecule has 1 amide bonds. The molecule has 2 aromatic carbocycles. The number of ketones is 1. The molecule has 0 radical (unpaired) electrons. The Morgan fingerprint density at radius 2 is 1.97 bits per heavy atom. The van der Waals surface area contributed by atoms with Gasteiger partial charge < -0.3 is 19.5 Å². The van der Waals surface area contributed by atoms with Crippen LogP contribution in [0, 0.1) is 0 Å². The van der Waals surface area contributed by atoms with Crippen molar-refractivity contribution < 1.29 is 24.2 Å². The van der Waals surface area contributed by atoms with Crippen LogP contribution in [0.1, 0.15) is 27.2 Å². The highest BCUT2D eigenvalue weighted by atomic mass is 79.9. The lowest BCUT2D eigenvalue weighted by atomic mass is 9.88. The van der Waals surface area contributed by atoms with Crippen LogP contribution in [0.15, 0.2) is 58.4 Å². The summed E-state index contributed by atoms with van der Waals surface area (Å²) in [7, 11) is 2.98. The average Bonchev–Trinajstić information content (AvgIpc) is 3.35. The molecular weight excluding hydrogens is 482 g/mol. The van der Waals surface area contributed by atoms with Crippen LogP contribution in [0.4, 0.5) is 5.69 Å². The van der Waals surface area contributed by atoms with Gasteiger partial charge in [-0.05, 0) is 41.8 Å². The van der Waals surface area contributed by atoms with E-state index >= 15 is 0 Å². The zero-order valence-corrected chi connectivity index (χ0v) is 19.3. The third-order valence-electron chi connectivity index (χ3n) is 5.31. The molecule has 3 aromatic rings. The Morgan fingerprint density at radius 3 is 2.65 bits per heavy atom. The molecule has 31 heavy (non-hydrogen) atoms. The second kappa shape index (κ2) is 8.45. The standard InChI is InChI=1S/C23H20BrNO5S/c1-29-15-6-7-17(21(11-15)30-2)20(26)12-23(28)18-10-14(24)5-8-19(18)25(22(23)27)13-16-4-3-9-31-16/h3-11,28H,12-13H2,1-2H3. The Balaban J connectivity index is 1.71. The lowest BCUT2D eigenvalue weighted by molar-refractivity contribution is -0.136. The van der Waals surface area contributed by atoms with Crippen LogP contribution in [-0.2, 0) is 16.9 Å². The number of thiophene rings is 1. The van der Waals surface area contributed by atoms with Gasteiger partial charge in [0.05, 0.1) is 38.4 Å². The number of rotatable bonds is 7. The first-order valence-corrected chi connectivity index (χ1v) is 11.2. The van der Waals surface area contributed by atoms with Crippen molar-refractivity contribution in [2.75, 3.05) is 19.1 Å². The van der Waals surface area contributed by atoms with Crippen LogP contribution in [0.2, 0.25) is 0 Å². The number of ether oxygens (including phenoxy) is 2. The number of benzene rings is 2. The SMILES string of the molecule is COc1ccc(C(=O)CC2(O)C(=O)N(Cc3cccs3)c3ccc(Br)cc32)c(OC)c1. The number of nitrogens with zero attached hydrogens (tertiary/aromatic N) is 1. The van der Waals surface area contributed by atoms with E-state index in [0.717, 1.165) is 4.88 Å². The van der Waals surface area contributed by atoms with Gasteiger partial charge in [0.25, 0.3) is 5.91 Å². The second-order valence-corrected chi connectivity index (χ2v) is 9.11. The zero-order chi connectivity index (χ0) is 22.2. The molecule has 160 valence electrons. The number of methoxy groups -OCH3 is 2. The Morgan fingerprint density at radius 1 is 1.16 bits per heavy atom. The van der Waals surface area contributed by atoms with Crippen LogP contribution < -0.4 is 14.4 Å². The third kappa shape index (κ3) is 3.86. The predicted molar refractivity (Wildman–Crippen MR) is 122 cm³/mol. The first-order chi connectivity index (χ1) is 14.9. The molecule has 1 atom stereocenters. The highest BCUT2D eigenvalue weighted by molar-refractivity contribution is 9.10. The van der Waals surface area contributed by atoms with E-state index < -0.39 is 23.7 Å². The van der Waals surface area contributed by atoms with Crippen molar-refractivity contribution in [3.8, 4) is 11.5 Å². The number of hydrogen-bond donors (Lipinski definition) is 1. The molecule has 0 bridgehead atoms. The molecule has 1 N–H and O–H groups in total. The van der Waals surface area contributed by atoms with Gasteiger partial charge in [-0.25, -0.2) is 0 Å². The fraction of sp³-hybridized carbons (Fsp3) is 0.217. The maximum absolute atomic E-state index is 13.4. The summed E-state index contributed by atoms with van der Waals surface area (Å²) in [5, 5.41) is 13.5. The van der Waals surface area contributed by atoms with Gasteiger partial charge in [-0.1, -0.05) is 22.0 Å². The molecule has 0 spiro atoms. The number of hydrogen-bond acceptors (Lipinski definition) is 6. The Labute approximate surface area is 192 Å². The van der Waals surface area contributed by atoms with E-state index in [4.69, 9.17) is 9.47 Å². The number of Topliss-reactive ketones (excluding diaryl/α,β-unsaturated/α-hetero) is 1. The molecule has 8 heteroatoms. The highest BCUT2D eigenvalue weighted by Crippen LogP contribution is 2.45. The van der Waals surface area contributed by atoms with Gasteiger partial charge in [0.2, 0.25) is 0 Å². The number of anilines is 1. The summed E-state index contributed by atoms with van der Waals surface area (Å²) < 4.78 is 11.2. The van der Waals surface area contributed by atoms with Crippen molar-refractivity contribution in [3.05, 3.63) is 74.4 Å². The average molecular weight is 502 g/mol. The van der Waals surface area contributed by atoms with Crippen molar-refractivity contribution in [1.82, 2.24) is 0 Å². The number of fused-ring (bicyclic) bond motifs is 1. The molecule has 6 nitrogen and oxygen atoms in total. The lowest BCUT2D eigenvalue weighted by Crippen LogP contribution is -2.41. The van der Waals surface area contributed by atoms with Gasteiger partial charge in [0.15, 0.2) is 11.4 Å². The highest BCUT2D eigenvalue weighted by Gasteiger charge is 2.51. The topological polar surface area (TPSA) is 76.1 Å². The molecule has 0 fully saturated rings. The summed E-state index contributed by atoms with van der Waals surface area (Å²) in [5.41, 5.74) is -0.695. The van der Waals surface area contributed by atoms with Crippen molar-refractivity contribution in [2.45, 2.75) is 18.6 Å². The Kier molecular flexibility index (Phi) is 5.88. The summed E-state index contributed by atoms with van der Waals surface area (Å²) in [6.07, 6.45) is -0.404. The fourth-order valence-corrected chi connectivity index (χ4v) is 4.82. The molecular formula is C23H20BrNO5S. The van der Waals surface area contributed by atoms with Crippen LogP contribution in [0.3, 0.4) is 0 Å². The molecule has 1 aliphatic heterocycles. The fourth-order valence-electron chi connectivity index (χ4n) is 3.77. The largest absolute Gasteiger partial charge is 0.497 e. The summed E-state index contributed by atoms with van der Waals surface area (Å²) in [6.45, 7) is 0.327. The van der Waals surface area contributed by atoms with Gasteiger partial charge in [-0.2, -0.15) is 0 Å². The van der Waals surface area contributed by atoms with Crippen molar-refractivity contribution in [2.24, 2.45) is 0 Å². The van der Waals surface area contributed by atoms with Crippen LogP contribution in [-0.4, -0.2) is 31.0 Å². The van der Waals surface area contributed by atoms with Crippen molar-refractivity contribution >= 4 is 44.6 Å². The molecule has 2 heterocycles. The van der Waals surface area contributed by atoms with E-state index in [1.807, 2.05) is 23.6 Å². The summed E-state index contributed by atoms with van der Waals surface area (Å²) in [4.78, 5) is 29.1. The molecule has 0 saturated carbocycles. The molecule has 1 aliphatic rings. The Bertz CT molecular complexity index is 1150. The summed E-state index contributed by atoms with van der Waals surface area (Å²) >= 11 is 4.94. The van der Waals surface area contributed by atoms with E-state index in [-0.39, 0.29) is 5.56 Å². The molecule has 4 rings (SSSR count). The van der Waals surface area contributed by atoms with Crippen molar-refractivity contribution in [1.29, 1.82) is 0 Å². The lowest BCUT2D eigenvalue weighted by Gasteiger charge is -2.23. The maximum Gasteiger partial charge on any atom is 0.264 e. The van der Waals surface area contributed by atoms with Crippen molar-refractivity contribution in [3.63, 3.8) is 0 Å². The summed E-state index contributed by atoms with van der Waals surface area (Å²) in [6, 6.07) is 13.9. The second-order valence-electron chi connectivity index (χ2n) is 7.16. The zero-order valence-electron chi connectivity index (χ0n) is 16.9. The summed E-state index contributed by atoms with van der Waals surface area (Å²) in [5.74, 6) is -0.0576. The molecule has 1 aromatic heterocycles. The molecule has 1 unspecified atom stereocenters. The Hall–Kier alpha value is -2.68. The number of amides is 1. The van der Waals surface area contributed by atoms with E-state index in [1.165, 1.54) is 30.5 Å². The van der Waals surface area contributed by atoms with E-state index in [0.29, 0.717) is 33.8 Å². The number of aliphatic hydroxyl groups is 1. The van der Waals surface area contributed by atoms with Gasteiger partial charge in [0.1, 0.15) is 11.5 Å². The quantitative estimate of drug-likeness (QED) is 0.481. The van der Waals surface area contributed by atoms with Gasteiger partial charge >= 0.3 is 0 Å². The minimum Gasteiger partial charge on any atom is -0.497 e. The first-order valence-electron chi connectivity index (χ1n) is 9.49. The monoisotopic (exact) mass is 501 g/mol. The maximum atomic E-state index is 13.4. The molecule has 0 saturated heterocycles.